The first-order valence-corrected chi connectivity index (χ1v) is 16.1. The largest absolute Gasteiger partial charge is 0.444 e. The van der Waals surface area contributed by atoms with E-state index in [0.29, 0.717) is 25.7 Å². The third kappa shape index (κ3) is 6.89. The van der Waals surface area contributed by atoms with E-state index in [1.807, 2.05) is 25.5 Å². The molecule has 0 aromatic heterocycles. The fourth-order valence-corrected chi connectivity index (χ4v) is 7.09. The van der Waals surface area contributed by atoms with Crippen molar-refractivity contribution in [2.45, 2.75) is 114 Å². The Morgan fingerprint density at radius 3 is 2.49 bits per heavy atom. The van der Waals surface area contributed by atoms with E-state index in [0.717, 1.165) is 6.42 Å². The summed E-state index contributed by atoms with van der Waals surface area (Å²) in [6.45, 7) is 11.0. The summed E-state index contributed by atoms with van der Waals surface area (Å²) < 4.78 is 32.4. The Morgan fingerprint density at radius 1 is 1.17 bits per heavy atom. The van der Waals surface area contributed by atoms with Crippen LogP contribution in [0.25, 0.3) is 0 Å². The molecule has 2 heterocycles. The second-order valence-corrected chi connectivity index (χ2v) is 15.8. The van der Waals surface area contributed by atoms with E-state index in [-0.39, 0.29) is 37.1 Å². The Kier molecular flexibility index (Phi) is 8.57. The maximum atomic E-state index is 13.9. The van der Waals surface area contributed by atoms with Crippen LogP contribution in [0.2, 0.25) is 0 Å². The maximum absolute atomic E-state index is 13.9. The molecule has 0 bridgehead atoms. The predicted octanol–water partition coefficient (Wildman–Crippen LogP) is 2.57. The predicted molar refractivity (Wildman–Crippen MR) is 153 cm³/mol. The van der Waals surface area contributed by atoms with Gasteiger partial charge in [0.15, 0.2) is 0 Å². The number of hydrogen-bond acceptors (Lipinski definition) is 7. The molecule has 6 atom stereocenters. The van der Waals surface area contributed by atoms with E-state index in [1.54, 1.807) is 27.7 Å². The second-order valence-electron chi connectivity index (χ2n) is 13.6. The van der Waals surface area contributed by atoms with Gasteiger partial charge in [-0.2, -0.15) is 0 Å². The number of sulfonamides is 1. The van der Waals surface area contributed by atoms with Gasteiger partial charge in [0.05, 0.1) is 4.75 Å². The van der Waals surface area contributed by atoms with E-state index in [4.69, 9.17) is 4.74 Å². The van der Waals surface area contributed by atoms with Gasteiger partial charge in [0, 0.05) is 12.5 Å². The monoisotopic (exact) mass is 593 g/mol. The molecule has 11 nitrogen and oxygen atoms in total. The van der Waals surface area contributed by atoms with E-state index in [2.05, 4.69) is 22.3 Å². The summed E-state index contributed by atoms with van der Waals surface area (Å²) in [5.74, 6) is -2.03. The number of carbonyl (C=O) groups excluding carboxylic acids is 4. The average molecular weight is 594 g/mol. The SMILES string of the molecule is C[C@@H]1CC/C=C\[C@@H]2C[C@@]2(C(=O)NS(=O)(=O)C2(C)CC2)NC(=O)[C@@H]2C[CH]CN2C(=O)[C@@H](NC(=O)OC(C)(C)C)[C@H](C)C1. The summed E-state index contributed by atoms with van der Waals surface area (Å²) in [6, 6.07) is -1.81. The van der Waals surface area contributed by atoms with Gasteiger partial charge in [-0.25, -0.2) is 13.2 Å². The molecule has 229 valence electrons. The topological polar surface area (TPSA) is 151 Å². The molecule has 41 heavy (non-hydrogen) atoms. The molecule has 4 amide bonds. The van der Waals surface area contributed by atoms with Crippen LogP contribution in [0.3, 0.4) is 0 Å². The molecule has 0 aromatic carbocycles. The molecule has 4 rings (SSSR count). The number of allylic oxidation sites excluding steroid dienone is 1. The minimum atomic E-state index is -3.90. The van der Waals surface area contributed by atoms with Gasteiger partial charge in [-0.15, -0.1) is 0 Å². The first-order valence-electron chi connectivity index (χ1n) is 14.7. The molecule has 4 aliphatic rings. The molecule has 12 heteroatoms. The maximum Gasteiger partial charge on any atom is 0.408 e. The van der Waals surface area contributed by atoms with Crippen molar-refractivity contribution in [3.63, 3.8) is 0 Å². The summed E-state index contributed by atoms with van der Waals surface area (Å²) in [7, 11) is -3.90. The van der Waals surface area contributed by atoms with Crippen LogP contribution in [0.4, 0.5) is 4.79 Å². The van der Waals surface area contributed by atoms with Crippen LogP contribution < -0.4 is 15.4 Å². The summed E-state index contributed by atoms with van der Waals surface area (Å²) in [6.07, 6.45) is 8.67. The lowest BCUT2D eigenvalue weighted by molar-refractivity contribution is -0.142. The number of amides is 4. The highest BCUT2D eigenvalue weighted by atomic mass is 32.2. The summed E-state index contributed by atoms with van der Waals surface area (Å²) in [4.78, 5) is 55.2. The zero-order valence-electron chi connectivity index (χ0n) is 25.0. The van der Waals surface area contributed by atoms with Gasteiger partial charge >= 0.3 is 6.09 Å². The highest BCUT2D eigenvalue weighted by molar-refractivity contribution is 7.91. The lowest BCUT2D eigenvalue weighted by Gasteiger charge is -2.33. The number of ether oxygens (including phenoxy) is 1. The minimum Gasteiger partial charge on any atom is -0.444 e. The van der Waals surface area contributed by atoms with Crippen LogP contribution in [-0.2, 0) is 29.1 Å². The molecule has 1 radical (unpaired) electrons. The number of nitrogens with one attached hydrogen (secondary N) is 3. The summed E-state index contributed by atoms with van der Waals surface area (Å²) in [5, 5.41) is 5.60. The molecule has 2 saturated carbocycles. The van der Waals surface area contributed by atoms with Crippen molar-refractivity contribution >= 4 is 33.8 Å². The van der Waals surface area contributed by atoms with Crippen molar-refractivity contribution < 1.29 is 32.3 Å². The zero-order valence-corrected chi connectivity index (χ0v) is 25.8. The Bertz CT molecular complexity index is 1210. The van der Waals surface area contributed by atoms with Gasteiger partial charge in [0.1, 0.15) is 23.2 Å². The Morgan fingerprint density at radius 2 is 1.85 bits per heavy atom. The van der Waals surface area contributed by atoms with Crippen molar-refractivity contribution in [3.05, 3.63) is 18.6 Å². The van der Waals surface area contributed by atoms with Gasteiger partial charge in [-0.1, -0.05) is 26.0 Å². The summed E-state index contributed by atoms with van der Waals surface area (Å²) in [5.41, 5.74) is -2.16. The van der Waals surface area contributed by atoms with Crippen molar-refractivity contribution in [3.8, 4) is 0 Å². The second kappa shape index (κ2) is 11.2. The van der Waals surface area contributed by atoms with E-state index in [9.17, 15) is 27.6 Å². The highest BCUT2D eigenvalue weighted by Gasteiger charge is 2.63. The molecule has 3 fully saturated rings. The van der Waals surface area contributed by atoms with E-state index in [1.165, 1.54) is 4.90 Å². The lowest BCUT2D eigenvalue weighted by Crippen LogP contribution is -2.59. The quantitative estimate of drug-likeness (QED) is 0.424. The molecular weight excluding hydrogens is 548 g/mol. The number of carbonyl (C=O) groups is 4. The first kappa shape index (κ1) is 31.3. The summed E-state index contributed by atoms with van der Waals surface area (Å²) >= 11 is 0. The number of nitrogens with zero attached hydrogens (tertiary/aromatic N) is 1. The van der Waals surface area contributed by atoms with Crippen LogP contribution in [0.5, 0.6) is 0 Å². The molecule has 1 saturated heterocycles. The highest BCUT2D eigenvalue weighted by Crippen LogP contribution is 2.47. The molecule has 0 unspecified atom stereocenters. The standard InChI is InChI=1S/C29H45N4O7S/c1-18-10-7-8-11-20-17-29(20,25(36)32-41(38,39)28(6)13-14-28)31-23(34)21-12-9-15-33(21)24(35)22(19(2)16-18)30-26(37)40-27(3,4)5/h8-9,11,18-22H,7,10,12-17H2,1-6H3,(H,30,37)(H,31,34)(H,32,36)/b11-8-/t18-,19-,20-,21+,22+,29-/m1/s1. The molecule has 2 aliphatic heterocycles. The normalized spacial score (nSPS) is 34.6. The zero-order chi connectivity index (χ0) is 30.4. The van der Waals surface area contributed by atoms with E-state index >= 15 is 0 Å². The molecule has 0 spiro atoms. The van der Waals surface area contributed by atoms with Crippen molar-refractivity contribution in [2.75, 3.05) is 6.54 Å². The average Bonchev–Trinajstić information content (AvgIpc) is 3.71. The molecular formula is C29H45N4O7S. The number of rotatable bonds is 4. The van der Waals surface area contributed by atoms with Crippen molar-refractivity contribution in [1.82, 2.24) is 20.3 Å². The Labute approximate surface area is 243 Å². The smallest absolute Gasteiger partial charge is 0.408 e. The van der Waals surface area contributed by atoms with Gasteiger partial charge in [-0.05, 0) is 90.9 Å². The third-order valence-corrected chi connectivity index (χ3v) is 10.9. The fourth-order valence-electron chi connectivity index (χ4n) is 5.77. The van der Waals surface area contributed by atoms with Gasteiger partial charge in [0.25, 0.3) is 5.91 Å². The van der Waals surface area contributed by atoms with Crippen LogP contribution in [0.1, 0.15) is 86.5 Å². The minimum absolute atomic E-state index is 0.209. The van der Waals surface area contributed by atoms with Gasteiger partial charge < -0.3 is 20.3 Å². The van der Waals surface area contributed by atoms with Gasteiger partial charge in [0.2, 0.25) is 21.8 Å². The van der Waals surface area contributed by atoms with Crippen LogP contribution in [-0.4, -0.2) is 71.6 Å². The molecule has 2 aliphatic carbocycles. The van der Waals surface area contributed by atoms with Crippen molar-refractivity contribution in [2.24, 2.45) is 17.8 Å². The first-order chi connectivity index (χ1) is 19.0. The fraction of sp³-hybridized carbons (Fsp3) is 0.759. The third-order valence-electron chi connectivity index (χ3n) is 8.75. The van der Waals surface area contributed by atoms with Crippen molar-refractivity contribution in [1.29, 1.82) is 0 Å². The van der Waals surface area contributed by atoms with Crippen LogP contribution in [0.15, 0.2) is 12.2 Å². The lowest BCUT2D eigenvalue weighted by atomic mass is 9.88. The molecule has 0 aromatic rings. The number of alkyl carbamates (subject to hydrolysis) is 1. The number of hydrogen-bond donors (Lipinski definition) is 3. The van der Waals surface area contributed by atoms with Crippen LogP contribution in [0, 0.1) is 24.2 Å². The Hall–Kier alpha value is -2.63. The Balaban J connectivity index is 1.60. The van der Waals surface area contributed by atoms with E-state index < -0.39 is 61.8 Å². The van der Waals surface area contributed by atoms with Gasteiger partial charge in [-0.3, -0.25) is 19.1 Å². The number of fused-ring (bicyclic) bond motifs is 2. The molecule has 3 N–H and O–H groups in total. The van der Waals surface area contributed by atoms with Crippen LogP contribution >= 0.6 is 0 Å².